The van der Waals surface area contributed by atoms with Gasteiger partial charge in [0.15, 0.2) is 0 Å². The molecule has 2 amide bonds. The fourth-order valence-electron chi connectivity index (χ4n) is 2.74. The first kappa shape index (κ1) is 16.1. The van der Waals surface area contributed by atoms with Gasteiger partial charge in [-0.2, -0.15) is 0 Å². The van der Waals surface area contributed by atoms with E-state index in [1.165, 1.54) is 0 Å². The maximum absolute atomic E-state index is 11.9. The largest absolute Gasteiger partial charge is 0.457 e. The van der Waals surface area contributed by atoms with Crippen molar-refractivity contribution in [2.45, 2.75) is 31.7 Å². The van der Waals surface area contributed by atoms with Crippen molar-refractivity contribution in [1.29, 1.82) is 0 Å². The average molecular weight is 324 g/mol. The molecule has 2 aromatic rings. The lowest BCUT2D eigenvalue weighted by Gasteiger charge is -2.12. The van der Waals surface area contributed by atoms with Crippen LogP contribution >= 0.6 is 0 Å². The highest BCUT2D eigenvalue weighted by atomic mass is 16.5. The standard InChI is InChI=1S/C19H20N2O3/c22-18(20-14-6-4-5-7-14)19(23)21-15-10-12-17(13-11-15)24-16-8-2-1-3-9-16/h1-3,8-14H,4-7H2,(H,20,22)(H,21,23). The van der Waals surface area contributed by atoms with Crippen molar-refractivity contribution in [3.05, 3.63) is 54.6 Å². The van der Waals surface area contributed by atoms with Gasteiger partial charge in [0.1, 0.15) is 11.5 Å². The summed E-state index contributed by atoms with van der Waals surface area (Å²) >= 11 is 0. The number of rotatable bonds is 4. The maximum atomic E-state index is 11.9. The number of amides is 2. The third-order valence-corrected chi connectivity index (χ3v) is 3.99. The lowest BCUT2D eigenvalue weighted by atomic mass is 10.2. The zero-order valence-electron chi connectivity index (χ0n) is 13.3. The molecule has 1 fully saturated rings. The molecule has 5 heteroatoms. The Morgan fingerprint density at radius 2 is 1.46 bits per heavy atom. The lowest BCUT2D eigenvalue weighted by Crippen LogP contribution is -2.40. The minimum atomic E-state index is -0.640. The Labute approximate surface area is 141 Å². The Hall–Kier alpha value is -2.82. The molecule has 0 unspecified atom stereocenters. The van der Waals surface area contributed by atoms with Gasteiger partial charge in [0.05, 0.1) is 0 Å². The molecule has 24 heavy (non-hydrogen) atoms. The maximum Gasteiger partial charge on any atom is 0.313 e. The van der Waals surface area contributed by atoms with Gasteiger partial charge in [-0.05, 0) is 49.2 Å². The van der Waals surface area contributed by atoms with Gasteiger partial charge in [0, 0.05) is 11.7 Å². The van der Waals surface area contributed by atoms with E-state index in [1.54, 1.807) is 24.3 Å². The molecule has 1 saturated carbocycles. The van der Waals surface area contributed by atoms with Crippen LogP contribution in [0.5, 0.6) is 11.5 Å². The van der Waals surface area contributed by atoms with Crippen molar-refractivity contribution in [3.63, 3.8) is 0 Å². The molecule has 0 saturated heterocycles. The van der Waals surface area contributed by atoms with Crippen LogP contribution in [-0.4, -0.2) is 17.9 Å². The van der Waals surface area contributed by atoms with Crippen LogP contribution in [0.3, 0.4) is 0 Å². The number of hydrogen-bond donors (Lipinski definition) is 2. The molecule has 124 valence electrons. The Morgan fingerprint density at radius 1 is 0.833 bits per heavy atom. The first-order chi connectivity index (χ1) is 11.7. The van der Waals surface area contributed by atoms with Crippen molar-refractivity contribution in [1.82, 2.24) is 5.32 Å². The van der Waals surface area contributed by atoms with Gasteiger partial charge in [-0.1, -0.05) is 31.0 Å². The summed E-state index contributed by atoms with van der Waals surface area (Å²) in [6, 6.07) is 16.5. The molecule has 0 aromatic heterocycles. The Bertz CT molecular complexity index is 692. The monoisotopic (exact) mass is 324 g/mol. The third-order valence-electron chi connectivity index (χ3n) is 3.99. The van der Waals surface area contributed by atoms with Crippen LogP contribution in [-0.2, 0) is 9.59 Å². The topological polar surface area (TPSA) is 67.4 Å². The van der Waals surface area contributed by atoms with E-state index >= 15 is 0 Å². The Kier molecular flexibility index (Phi) is 5.11. The molecule has 0 heterocycles. The van der Waals surface area contributed by atoms with E-state index in [1.807, 2.05) is 30.3 Å². The van der Waals surface area contributed by atoms with Gasteiger partial charge in [-0.25, -0.2) is 0 Å². The van der Waals surface area contributed by atoms with Crippen molar-refractivity contribution in [2.24, 2.45) is 0 Å². The molecule has 0 bridgehead atoms. The molecule has 0 aliphatic heterocycles. The predicted octanol–water partition coefficient (Wildman–Crippen LogP) is 3.48. The second-order valence-corrected chi connectivity index (χ2v) is 5.85. The summed E-state index contributed by atoms with van der Waals surface area (Å²) in [5, 5.41) is 5.37. The molecule has 2 aromatic carbocycles. The van der Waals surface area contributed by atoms with Crippen LogP contribution in [0.1, 0.15) is 25.7 Å². The van der Waals surface area contributed by atoms with Gasteiger partial charge in [-0.3, -0.25) is 9.59 Å². The number of para-hydroxylation sites is 1. The number of ether oxygens (including phenoxy) is 1. The molecule has 3 rings (SSSR count). The zero-order valence-corrected chi connectivity index (χ0v) is 13.3. The van der Waals surface area contributed by atoms with E-state index in [2.05, 4.69) is 10.6 Å². The van der Waals surface area contributed by atoms with E-state index in [4.69, 9.17) is 4.74 Å². The number of carbonyl (C=O) groups is 2. The molecule has 0 spiro atoms. The smallest absolute Gasteiger partial charge is 0.313 e. The van der Waals surface area contributed by atoms with Crippen molar-refractivity contribution in [2.75, 3.05) is 5.32 Å². The van der Waals surface area contributed by atoms with Crippen molar-refractivity contribution >= 4 is 17.5 Å². The highest BCUT2D eigenvalue weighted by Gasteiger charge is 2.21. The fraction of sp³-hybridized carbons (Fsp3) is 0.263. The summed E-state index contributed by atoms with van der Waals surface area (Å²) in [6.07, 6.45) is 4.11. The Morgan fingerprint density at radius 3 is 2.12 bits per heavy atom. The summed E-state index contributed by atoms with van der Waals surface area (Å²) in [5.41, 5.74) is 0.557. The quantitative estimate of drug-likeness (QED) is 0.846. The molecular weight excluding hydrogens is 304 g/mol. The number of carbonyl (C=O) groups excluding carboxylic acids is 2. The normalized spacial score (nSPS) is 14.2. The molecule has 0 radical (unpaired) electrons. The minimum absolute atomic E-state index is 0.130. The van der Waals surface area contributed by atoms with Crippen molar-refractivity contribution in [3.8, 4) is 11.5 Å². The first-order valence-corrected chi connectivity index (χ1v) is 8.15. The van der Waals surface area contributed by atoms with Gasteiger partial charge in [-0.15, -0.1) is 0 Å². The molecule has 1 aliphatic rings. The summed E-state index contributed by atoms with van der Waals surface area (Å²) in [4.78, 5) is 23.8. The van der Waals surface area contributed by atoms with Crippen LogP contribution in [0.25, 0.3) is 0 Å². The van der Waals surface area contributed by atoms with Gasteiger partial charge < -0.3 is 15.4 Å². The highest BCUT2D eigenvalue weighted by Crippen LogP contribution is 2.22. The van der Waals surface area contributed by atoms with Gasteiger partial charge in [0.2, 0.25) is 0 Å². The van der Waals surface area contributed by atoms with Crippen LogP contribution < -0.4 is 15.4 Å². The second-order valence-electron chi connectivity index (χ2n) is 5.85. The van der Waals surface area contributed by atoms with Crippen LogP contribution in [0, 0.1) is 0 Å². The summed E-state index contributed by atoms with van der Waals surface area (Å²) in [5.74, 6) is 0.185. The first-order valence-electron chi connectivity index (χ1n) is 8.15. The van der Waals surface area contributed by atoms with Gasteiger partial charge in [0.25, 0.3) is 0 Å². The summed E-state index contributed by atoms with van der Waals surface area (Å²) in [6.45, 7) is 0. The predicted molar refractivity (Wildman–Crippen MR) is 92.0 cm³/mol. The van der Waals surface area contributed by atoms with Crippen molar-refractivity contribution < 1.29 is 14.3 Å². The molecule has 5 nitrogen and oxygen atoms in total. The molecular formula is C19H20N2O3. The fourth-order valence-corrected chi connectivity index (χ4v) is 2.74. The van der Waals surface area contributed by atoms with Crippen LogP contribution in [0.2, 0.25) is 0 Å². The Balaban J connectivity index is 1.53. The second kappa shape index (κ2) is 7.64. The number of anilines is 1. The molecule has 1 aliphatic carbocycles. The van der Waals surface area contributed by atoms with E-state index in [9.17, 15) is 9.59 Å². The third kappa shape index (κ3) is 4.35. The van der Waals surface area contributed by atoms with E-state index in [0.29, 0.717) is 11.4 Å². The average Bonchev–Trinajstić information content (AvgIpc) is 3.10. The number of hydrogen-bond acceptors (Lipinski definition) is 3. The molecule has 2 N–H and O–H groups in total. The number of nitrogens with one attached hydrogen (secondary N) is 2. The van der Waals surface area contributed by atoms with E-state index in [0.717, 1.165) is 31.4 Å². The van der Waals surface area contributed by atoms with Gasteiger partial charge >= 0.3 is 11.8 Å². The summed E-state index contributed by atoms with van der Waals surface area (Å²) < 4.78 is 5.68. The molecule has 0 atom stereocenters. The van der Waals surface area contributed by atoms with E-state index in [-0.39, 0.29) is 6.04 Å². The highest BCUT2D eigenvalue weighted by molar-refractivity contribution is 6.39. The van der Waals surface area contributed by atoms with Crippen LogP contribution in [0.4, 0.5) is 5.69 Å². The summed E-state index contributed by atoms with van der Waals surface area (Å²) in [7, 11) is 0. The minimum Gasteiger partial charge on any atom is -0.457 e. The number of benzene rings is 2. The zero-order chi connectivity index (χ0) is 16.8. The van der Waals surface area contributed by atoms with E-state index < -0.39 is 11.8 Å². The lowest BCUT2D eigenvalue weighted by molar-refractivity contribution is -0.136. The van der Waals surface area contributed by atoms with Crippen LogP contribution in [0.15, 0.2) is 54.6 Å². The SMILES string of the molecule is O=C(Nc1ccc(Oc2ccccc2)cc1)C(=O)NC1CCCC1.